The first-order chi connectivity index (χ1) is 43.1. The molecule has 23 nitrogen and oxygen atoms in total. The van der Waals surface area contributed by atoms with Gasteiger partial charge in [0.1, 0.15) is 27.1 Å². The molecule has 4 aromatic carbocycles. The Morgan fingerprint density at radius 1 is 0.648 bits per heavy atom. The number of halogens is 3. The maximum atomic E-state index is 12.1. The van der Waals surface area contributed by atoms with E-state index in [1.54, 1.807) is 58.5 Å². The summed E-state index contributed by atoms with van der Waals surface area (Å²) in [5, 5.41) is 9.77. The number of hydrogen-bond acceptors (Lipinski definition) is 20. The van der Waals surface area contributed by atoms with Crippen molar-refractivity contribution in [2.75, 3.05) is 79.3 Å². The van der Waals surface area contributed by atoms with E-state index in [-0.39, 0.29) is 56.2 Å². The molecule has 2 saturated heterocycles. The Labute approximate surface area is 552 Å². The van der Waals surface area contributed by atoms with Crippen LogP contribution in [0.2, 0.25) is 15.3 Å². The highest BCUT2D eigenvalue weighted by Gasteiger charge is 2.25. The van der Waals surface area contributed by atoms with Crippen molar-refractivity contribution >= 4 is 192 Å². The highest BCUT2D eigenvalue weighted by Crippen LogP contribution is 2.38. The number of nitrogens with two attached hydrogens (primary N) is 1. The zero-order chi connectivity index (χ0) is 66.3. The summed E-state index contributed by atoms with van der Waals surface area (Å²) in [5.74, 6) is 3.02. The number of amides is 2. The molecular weight excluding hydrogens is 1260 g/mol. The number of nitrogen functional groups attached to an aromatic ring is 1. The summed E-state index contributed by atoms with van der Waals surface area (Å²) >= 11 is 18.3. The standard InChI is InChI=1S/C27H29ClN8O4S.C14H11Cl2N5O2S.C14H20N2O2.B8/c1-16(37)36-12-8-17(9-13-36)18-4-5-20(23(14-18)40-2)33-27-31-15-19(28)26(34-27)32-22-7-6-21-24(30-11-10-29-21)25(22)35-41(3,38)39;1-24(22,23)7-8-10(2-3-11-12(8)18-5-4-17-11)20-13-9(15)6-19-14(16)21-13;1-10(17)16-7-5-11(6-8-16)12-3-4-13(15)14(9-12)18-2;1-6(2)8(5)7(3)4/h4-7,10-11,14-15,17,35H,8-9,12-13H2,1-3H3,(H2,31,32,33,34);2-6H,7H2,1H3,(H,19,20,21);3-4,9,11H,5-8,15H2,1-2H3;/q;;;-1. The van der Waals surface area contributed by atoms with Crippen LogP contribution < -0.4 is 35.9 Å². The van der Waals surface area contributed by atoms with Gasteiger partial charge in [0.25, 0.3) is 0 Å². The molecule has 2 aliphatic rings. The van der Waals surface area contributed by atoms with Crippen LogP contribution in [0.1, 0.15) is 68.1 Å². The average molecular weight is 1320 g/mol. The number of sulfone groups is 1. The van der Waals surface area contributed by atoms with Gasteiger partial charge in [-0.2, -0.15) is 9.97 Å². The van der Waals surface area contributed by atoms with Crippen LogP contribution in [0.5, 0.6) is 11.5 Å². The minimum Gasteiger partial charge on any atom is -0.687 e. The zero-order valence-electron chi connectivity index (χ0n) is 50.6. The largest absolute Gasteiger partial charge is 0.687 e. The topological polar surface area (TPSA) is 305 Å². The number of rotatable bonds is 16. The number of ether oxygens (including phenoxy) is 2. The number of carbonyl (C=O) groups is 2. The van der Waals surface area contributed by atoms with Crippen molar-refractivity contribution < 1.29 is 35.9 Å². The number of carbonyl (C=O) groups excluding carboxylic acids is 2. The molecule has 461 valence electrons. The van der Waals surface area contributed by atoms with E-state index in [9.17, 15) is 26.4 Å². The maximum absolute atomic E-state index is 12.1. The van der Waals surface area contributed by atoms with Crippen LogP contribution in [0.4, 0.5) is 46.0 Å². The van der Waals surface area contributed by atoms with Gasteiger partial charge in [-0.25, -0.2) is 33.2 Å². The number of methoxy groups -OCH3 is 2. The van der Waals surface area contributed by atoms with Gasteiger partial charge in [0.2, 0.25) is 33.1 Å². The molecular formula is C55H60B8Cl3N15O8S2-. The summed E-state index contributed by atoms with van der Waals surface area (Å²) < 4.78 is 61.3. The zero-order valence-corrected chi connectivity index (χ0v) is 54.5. The second-order valence-corrected chi connectivity index (χ2v) is 26.3. The fourth-order valence-corrected chi connectivity index (χ4v) is 11.5. The average Bonchev–Trinajstić information content (AvgIpc) is 1.41. The summed E-state index contributed by atoms with van der Waals surface area (Å²) in [4.78, 5) is 60.3. The quantitative estimate of drug-likeness (QED) is 0.0385. The second-order valence-electron chi connectivity index (χ2n) is 21.2. The van der Waals surface area contributed by atoms with E-state index < -0.39 is 39.0 Å². The Hall–Kier alpha value is -7.45. The molecule has 2 amide bonds. The molecule has 91 heavy (non-hydrogen) atoms. The molecule has 10 rings (SSSR count). The Balaban J connectivity index is 0.000000198. The summed E-state index contributed by atoms with van der Waals surface area (Å²) in [5.41, 5.74) is 13.1. The second kappa shape index (κ2) is 32.2. The number of likely N-dealkylation sites (tertiary alicyclic amines) is 2. The number of nitrogens with zero attached hydrogens (tertiary/aromatic N) is 10. The summed E-state index contributed by atoms with van der Waals surface area (Å²) in [7, 11) is 22.1. The predicted molar refractivity (Wildman–Crippen MR) is 370 cm³/mol. The van der Waals surface area contributed by atoms with Crippen LogP contribution in [-0.4, -0.2) is 189 Å². The summed E-state index contributed by atoms with van der Waals surface area (Å²) in [6.07, 6.45) is 13.1. The van der Waals surface area contributed by atoms with Crippen LogP contribution in [0.3, 0.4) is 0 Å². The van der Waals surface area contributed by atoms with Gasteiger partial charge in [-0.15, -0.1) is 0 Å². The van der Waals surface area contributed by atoms with Gasteiger partial charge in [-0.3, -0.25) is 34.2 Å². The molecule has 36 heteroatoms. The number of anilines is 8. The van der Waals surface area contributed by atoms with Gasteiger partial charge in [0.05, 0.1) is 77.9 Å². The van der Waals surface area contributed by atoms with Crippen LogP contribution in [0.15, 0.2) is 97.8 Å². The highest BCUT2D eigenvalue weighted by molar-refractivity contribution is 7.92. The first-order valence-electron chi connectivity index (χ1n) is 28.2. The van der Waals surface area contributed by atoms with Crippen LogP contribution in [-0.2, 0) is 35.2 Å². The van der Waals surface area contributed by atoms with Crippen LogP contribution >= 0.6 is 34.8 Å². The first kappa shape index (κ1) is 71.0. The number of benzene rings is 4. The fraction of sp³-hybridized carbons (Fsp3) is 0.309. The number of nitrogens with one attached hydrogen (secondary N) is 4. The normalized spacial score (nSPS) is 13.4. The lowest BCUT2D eigenvalue weighted by atomic mass is 8.68. The minimum absolute atomic E-state index is 0.0205. The molecule has 0 spiro atoms. The van der Waals surface area contributed by atoms with Gasteiger partial charge in [0.15, 0.2) is 21.5 Å². The first-order valence-corrected chi connectivity index (χ1v) is 33.2. The molecule has 0 atom stereocenters. The van der Waals surface area contributed by atoms with Gasteiger partial charge < -0.3 is 48.7 Å². The molecule has 2 aliphatic heterocycles. The van der Waals surface area contributed by atoms with Crippen molar-refractivity contribution in [1.29, 1.82) is 0 Å². The van der Waals surface area contributed by atoms with Crippen molar-refractivity contribution in [3.8, 4) is 11.5 Å². The van der Waals surface area contributed by atoms with Gasteiger partial charge >= 0.3 is 0 Å². The van der Waals surface area contributed by atoms with Gasteiger partial charge in [0, 0.05) is 82.3 Å². The SMILES string of the molecule is COc1cc(C2CCN(C(C)=O)CC2)ccc1N.COc1cc(C2CCN(C(C)=O)CC2)ccc1Nc1ncc(Cl)c(Nc2ccc3nccnc3c2NS(C)(=O)=O)n1.CS(=O)(=O)Cc1c(Nc2nc(Cl)ncc2Cl)ccc2nccnc12.[B]B([B])B([B])B([B])[B-]. The molecule has 11 radical (unpaired) electrons. The van der Waals surface area contributed by atoms with E-state index in [0.29, 0.717) is 68.0 Å². The third-order valence-corrected chi connectivity index (χ3v) is 16.6. The molecule has 0 bridgehead atoms. The molecule has 2 fully saturated rings. The maximum Gasteiger partial charge on any atom is 0.229 e. The molecule has 8 aromatic rings. The summed E-state index contributed by atoms with van der Waals surface area (Å²) in [6.45, 7) is 6.39. The van der Waals surface area contributed by atoms with Crippen molar-refractivity contribution in [3.63, 3.8) is 0 Å². The molecule has 0 unspecified atom stereocenters. The van der Waals surface area contributed by atoms with Crippen molar-refractivity contribution in [2.45, 2.75) is 57.1 Å². The van der Waals surface area contributed by atoms with E-state index >= 15 is 0 Å². The van der Waals surface area contributed by atoms with Crippen molar-refractivity contribution in [2.24, 2.45) is 0 Å². The Morgan fingerprint density at radius 2 is 1.13 bits per heavy atom. The Kier molecular flexibility index (Phi) is 25.1. The van der Waals surface area contributed by atoms with E-state index in [1.807, 2.05) is 40.1 Å². The van der Waals surface area contributed by atoms with E-state index in [2.05, 4.69) is 66.6 Å². The van der Waals surface area contributed by atoms with Crippen LogP contribution in [0, 0.1) is 0 Å². The number of aromatic nitrogens is 8. The van der Waals surface area contributed by atoms with Gasteiger partial charge in [-0.1, -0.05) is 35.3 Å². The number of piperidine rings is 2. The predicted octanol–water partition coefficient (Wildman–Crippen LogP) is 6.64. The molecule has 0 aliphatic carbocycles. The highest BCUT2D eigenvalue weighted by atomic mass is 35.5. The molecule has 4 aromatic heterocycles. The fourth-order valence-electron chi connectivity index (χ4n) is 9.73. The third kappa shape index (κ3) is 20.3. The van der Waals surface area contributed by atoms with E-state index in [4.69, 9.17) is 88.7 Å². The Bertz CT molecular complexity index is 4110. The number of sulfonamides is 1. The van der Waals surface area contributed by atoms with E-state index in [1.165, 1.54) is 36.5 Å². The molecule has 6 heterocycles. The van der Waals surface area contributed by atoms with Crippen LogP contribution in [0.25, 0.3) is 22.1 Å². The van der Waals surface area contributed by atoms with E-state index in [0.717, 1.165) is 75.7 Å². The monoisotopic (exact) mass is 1320 g/mol. The van der Waals surface area contributed by atoms with Crippen molar-refractivity contribution in [1.82, 2.24) is 49.7 Å². The number of fused-ring (bicyclic) bond motifs is 2. The molecule has 6 N–H and O–H groups in total. The van der Waals surface area contributed by atoms with Gasteiger partial charge in [-0.05, 0) is 152 Å². The lowest BCUT2D eigenvalue weighted by Gasteiger charge is -2.31. The summed E-state index contributed by atoms with van der Waals surface area (Å²) in [6, 6.07) is 18.7. The van der Waals surface area contributed by atoms with Crippen molar-refractivity contribution in [3.05, 3.63) is 130 Å². The lowest BCUT2D eigenvalue weighted by Crippen LogP contribution is -2.52. The smallest absolute Gasteiger partial charge is 0.229 e. The lowest BCUT2D eigenvalue weighted by molar-refractivity contribution is -0.130. The molecule has 0 saturated carbocycles. The number of hydrogen-bond donors (Lipinski definition) is 5. The third-order valence-electron chi connectivity index (χ3n) is 14.5. The Morgan fingerprint density at radius 3 is 1.65 bits per heavy atom. The minimum atomic E-state index is -3.64.